The van der Waals surface area contributed by atoms with Crippen molar-refractivity contribution >= 4 is 0 Å². The minimum Gasteiger partial charge on any atom is -0.375 e. The van der Waals surface area contributed by atoms with Gasteiger partial charge in [0.15, 0.2) is 0 Å². The van der Waals surface area contributed by atoms with Crippen LogP contribution in [0.3, 0.4) is 0 Å². The average molecular weight is 129 g/mol. The second kappa shape index (κ2) is 3.64. The van der Waals surface area contributed by atoms with Gasteiger partial charge in [-0.05, 0) is 26.3 Å². The third kappa shape index (κ3) is 4.18. The van der Waals surface area contributed by atoms with Gasteiger partial charge < -0.3 is 5.11 Å². The van der Waals surface area contributed by atoms with E-state index in [-0.39, 0.29) is 0 Å². The van der Waals surface area contributed by atoms with Crippen LogP contribution >= 0.6 is 0 Å². The quantitative estimate of drug-likeness (QED) is 0.438. The van der Waals surface area contributed by atoms with Gasteiger partial charge in [-0.2, -0.15) is 0 Å². The number of rotatable bonds is 3. The monoisotopic (exact) mass is 129 g/mol. The lowest BCUT2D eigenvalue weighted by Gasteiger charge is -2.14. The molecular formula is C7H15NO. The summed E-state index contributed by atoms with van der Waals surface area (Å²) in [6, 6.07) is 0.302. The zero-order valence-electron chi connectivity index (χ0n) is 6.31. The van der Waals surface area contributed by atoms with Gasteiger partial charge in [0.25, 0.3) is 0 Å². The molecule has 9 heavy (non-hydrogen) atoms. The number of nitrogens with one attached hydrogen (secondary N) is 1. The summed E-state index contributed by atoms with van der Waals surface area (Å²) in [7, 11) is 0. The first-order valence-electron chi connectivity index (χ1n) is 3.13. The Kier molecular flexibility index (Phi) is 3.50. The molecule has 0 saturated carbocycles. The molecule has 54 valence electrons. The van der Waals surface area contributed by atoms with E-state index >= 15 is 0 Å². The zero-order valence-corrected chi connectivity index (χ0v) is 6.31. The maximum atomic E-state index is 9.09. The summed E-state index contributed by atoms with van der Waals surface area (Å²) in [5, 5.41) is 12.0. The van der Waals surface area contributed by atoms with Gasteiger partial charge in [0.1, 0.15) is 6.23 Å². The Morgan fingerprint density at radius 1 is 1.56 bits per heavy atom. The van der Waals surface area contributed by atoms with E-state index in [1.54, 1.807) is 6.92 Å². The van der Waals surface area contributed by atoms with Crippen LogP contribution in [0, 0.1) is 0 Å². The van der Waals surface area contributed by atoms with Crippen molar-refractivity contribution in [2.75, 3.05) is 0 Å². The average Bonchev–Trinajstić information content (AvgIpc) is 1.63. The fourth-order valence-corrected chi connectivity index (χ4v) is 0.458. The molecule has 0 bridgehead atoms. The first-order chi connectivity index (χ1) is 4.04. The summed E-state index contributed by atoms with van der Waals surface area (Å²) in [5.41, 5.74) is 0.753. The van der Waals surface area contributed by atoms with Gasteiger partial charge in [0.2, 0.25) is 0 Å². The molecule has 0 heterocycles. The predicted molar refractivity (Wildman–Crippen MR) is 39.1 cm³/mol. The lowest BCUT2D eigenvalue weighted by molar-refractivity contribution is 0.162. The molecule has 0 aromatic carbocycles. The maximum absolute atomic E-state index is 9.09. The molecule has 0 amide bonds. The van der Waals surface area contributed by atoms with Crippen LogP contribution in [0.4, 0.5) is 0 Å². The smallest absolute Gasteiger partial charge is 0.126 e. The van der Waals surface area contributed by atoms with E-state index in [1.165, 1.54) is 0 Å². The number of hydrogen-bond acceptors (Lipinski definition) is 2. The van der Waals surface area contributed by atoms with Crippen LogP contribution in [0.25, 0.3) is 0 Å². The lowest BCUT2D eigenvalue weighted by Crippen LogP contribution is -2.34. The van der Waals surface area contributed by atoms with Crippen LogP contribution in [0.1, 0.15) is 20.8 Å². The third-order valence-corrected chi connectivity index (χ3v) is 0.958. The SMILES string of the molecule is C=C(C)C(O)NC(C)C. The van der Waals surface area contributed by atoms with Crippen molar-refractivity contribution in [3.8, 4) is 0 Å². The summed E-state index contributed by atoms with van der Waals surface area (Å²) in [5.74, 6) is 0. The third-order valence-electron chi connectivity index (χ3n) is 0.958. The highest BCUT2D eigenvalue weighted by atomic mass is 16.3. The summed E-state index contributed by atoms with van der Waals surface area (Å²) in [6.07, 6.45) is -0.551. The van der Waals surface area contributed by atoms with E-state index in [0.29, 0.717) is 6.04 Å². The molecule has 1 atom stereocenters. The Balaban J connectivity index is 3.50. The molecule has 1 unspecified atom stereocenters. The Hall–Kier alpha value is -0.340. The van der Waals surface area contributed by atoms with Crippen molar-refractivity contribution in [1.29, 1.82) is 0 Å². The Bertz CT molecular complexity index is 99.1. The Morgan fingerprint density at radius 2 is 2.00 bits per heavy atom. The van der Waals surface area contributed by atoms with E-state index in [1.807, 2.05) is 13.8 Å². The minimum absolute atomic E-state index is 0.302. The molecule has 0 aliphatic heterocycles. The summed E-state index contributed by atoms with van der Waals surface area (Å²) in [6.45, 7) is 9.34. The molecule has 0 aromatic rings. The highest BCUT2D eigenvalue weighted by molar-refractivity contribution is 4.95. The fraction of sp³-hybridized carbons (Fsp3) is 0.714. The molecule has 0 fully saturated rings. The van der Waals surface area contributed by atoms with E-state index in [0.717, 1.165) is 5.57 Å². The standard InChI is InChI=1S/C7H15NO/c1-5(2)7(9)8-6(3)4/h6-9H,1H2,2-4H3. The van der Waals surface area contributed by atoms with Crippen LogP contribution in [-0.2, 0) is 0 Å². The Labute approximate surface area is 56.6 Å². The number of aliphatic hydroxyl groups is 1. The molecule has 0 radical (unpaired) electrons. The maximum Gasteiger partial charge on any atom is 0.126 e. The van der Waals surface area contributed by atoms with Crippen molar-refractivity contribution in [3.05, 3.63) is 12.2 Å². The highest BCUT2D eigenvalue weighted by Crippen LogP contribution is 1.93. The predicted octanol–water partition coefficient (Wildman–Crippen LogP) is 0.879. The Morgan fingerprint density at radius 3 is 2.11 bits per heavy atom. The molecule has 0 aliphatic carbocycles. The molecule has 2 N–H and O–H groups in total. The van der Waals surface area contributed by atoms with Crippen LogP contribution in [-0.4, -0.2) is 17.4 Å². The van der Waals surface area contributed by atoms with Crippen LogP contribution < -0.4 is 5.32 Å². The molecule has 2 nitrogen and oxygen atoms in total. The van der Waals surface area contributed by atoms with Gasteiger partial charge in [0.05, 0.1) is 0 Å². The van der Waals surface area contributed by atoms with Crippen molar-refractivity contribution in [2.45, 2.75) is 33.0 Å². The number of aliphatic hydroxyl groups excluding tert-OH is 1. The first-order valence-corrected chi connectivity index (χ1v) is 3.13. The van der Waals surface area contributed by atoms with E-state index in [4.69, 9.17) is 5.11 Å². The largest absolute Gasteiger partial charge is 0.375 e. The lowest BCUT2D eigenvalue weighted by atomic mass is 10.3. The molecule has 0 saturated heterocycles. The second-order valence-electron chi connectivity index (χ2n) is 2.57. The van der Waals surface area contributed by atoms with Gasteiger partial charge in [-0.1, -0.05) is 6.58 Å². The van der Waals surface area contributed by atoms with Crippen LogP contribution in [0.2, 0.25) is 0 Å². The summed E-state index contributed by atoms with van der Waals surface area (Å²) >= 11 is 0. The second-order valence-corrected chi connectivity index (χ2v) is 2.57. The zero-order chi connectivity index (χ0) is 7.44. The van der Waals surface area contributed by atoms with Gasteiger partial charge in [-0.25, -0.2) is 0 Å². The number of hydrogen-bond donors (Lipinski definition) is 2. The van der Waals surface area contributed by atoms with Crippen LogP contribution in [0.15, 0.2) is 12.2 Å². The van der Waals surface area contributed by atoms with Gasteiger partial charge in [-0.15, -0.1) is 0 Å². The summed E-state index contributed by atoms with van der Waals surface area (Å²) < 4.78 is 0. The van der Waals surface area contributed by atoms with E-state index < -0.39 is 6.23 Å². The molecule has 2 heteroatoms. The van der Waals surface area contributed by atoms with Gasteiger partial charge >= 0.3 is 0 Å². The van der Waals surface area contributed by atoms with Crippen molar-refractivity contribution < 1.29 is 5.11 Å². The van der Waals surface area contributed by atoms with Gasteiger partial charge in [-0.3, -0.25) is 5.32 Å². The molecular weight excluding hydrogens is 114 g/mol. The first kappa shape index (κ1) is 8.66. The summed E-state index contributed by atoms with van der Waals surface area (Å²) in [4.78, 5) is 0. The van der Waals surface area contributed by atoms with Crippen molar-refractivity contribution in [1.82, 2.24) is 5.32 Å². The highest BCUT2D eigenvalue weighted by Gasteiger charge is 2.03. The fourth-order valence-electron chi connectivity index (χ4n) is 0.458. The van der Waals surface area contributed by atoms with E-state index in [2.05, 4.69) is 11.9 Å². The minimum atomic E-state index is -0.551. The van der Waals surface area contributed by atoms with Crippen molar-refractivity contribution in [2.24, 2.45) is 0 Å². The van der Waals surface area contributed by atoms with Gasteiger partial charge in [0, 0.05) is 6.04 Å². The molecule has 0 spiro atoms. The normalized spacial score (nSPS) is 13.9. The molecule has 0 aliphatic rings. The van der Waals surface area contributed by atoms with E-state index in [9.17, 15) is 0 Å². The molecule has 0 aromatic heterocycles. The molecule has 0 rings (SSSR count). The van der Waals surface area contributed by atoms with Crippen LogP contribution in [0.5, 0.6) is 0 Å². The topological polar surface area (TPSA) is 32.3 Å². The van der Waals surface area contributed by atoms with Crippen molar-refractivity contribution in [3.63, 3.8) is 0 Å².